The Morgan fingerprint density at radius 2 is 1.74 bits per heavy atom. The molecule has 27 heavy (non-hydrogen) atoms. The van der Waals surface area contributed by atoms with Crippen LogP contribution in [0.4, 0.5) is 0 Å². The molecular formula is C20H39IN6. The lowest BCUT2D eigenvalue weighted by Crippen LogP contribution is -2.50. The zero-order valence-corrected chi connectivity index (χ0v) is 19.9. The zero-order chi connectivity index (χ0) is 18.8. The molecule has 2 unspecified atom stereocenters. The third-order valence-corrected chi connectivity index (χ3v) is 5.26. The van der Waals surface area contributed by atoms with E-state index in [4.69, 9.17) is 0 Å². The number of hydrogen-bond donors (Lipinski definition) is 2. The Bertz CT molecular complexity index is 509. The van der Waals surface area contributed by atoms with Crippen LogP contribution in [0.2, 0.25) is 0 Å². The van der Waals surface area contributed by atoms with E-state index in [1.807, 2.05) is 30.2 Å². The average Bonchev–Trinajstić information content (AvgIpc) is 2.98. The van der Waals surface area contributed by atoms with Crippen molar-refractivity contribution in [2.75, 3.05) is 33.2 Å². The van der Waals surface area contributed by atoms with Crippen molar-refractivity contribution in [1.82, 2.24) is 25.3 Å². The van der Waals surface area contributed by atoms with E-state index in [9.17, 15) is 0 Å². The molecule has 1 aromatic rings. The molecule has 7 heteroatoms. The Morgan fingerprint density at radius 1 is 1.07 bits per heavy atom. The number of nitrogens with one attached hydrogen (secondary N) is 2. The molecule has 0 amide bonds. The van der Waals surface area contributed by atoms with Gasteiger partial charge in [0.2, 0.25) is 0 Å². The summed E-state index contributed by atoms with van der Waals surface area (Å²) < 4.78 is 1.98. The van der Waals surface area contributed by atoms with E-state index in [1.165, 1.54) is 38.8 Å². The standard InChI is InChI=1S/C20H38N6.HI/c1-17(2)19(25-11-7-5-6-8-12-25)15-23-20(21-4)22-14-18(3)16-26-13-9-10-24-26;/h9-10,13,17-19H,5-8,11-12,14-16H2,1-4H3,(H2,21,22,23);1H. The SMILES string of the molecule is CN=C(NCC(C)Cn1cccn1)NCC(C(C)C)N1CCCCCC1.I. The molecule has 156 valence electrons. The molecule has 1 aromatic heterocycles. The van der Waals surface area contributed by atoms with Crippen LogP contribution in [0.5, 0.6) is 0 Å². The molecule has 2 atom stereocenters. The fourth-order valence-corrected chi connectivity index (χ4v) is 3.70. The highest BCUT2D eigenvalue weighted by Gasteiger charge is 2.22. The lowest BCUT2D eigenvalue weighted by molar-refractivity contribution is 0.161. The number of halogens is 1. The van der Waals surface area contributed by atoms with Gasteiger partial charge in [0.1, 0.15) is 0 Å². The third-order valence-electron chi connectivity index (χ3n) is 5.26. The van der Waals surface area contributed by atoms with Gasteiger partial charge in [0, 0.05) is 45.1 Å². The van der Waals surface area contributed by atoms with Crippen molar-refractivity contribution in [3.05, 3.63) is 18.5 Å². The fourth-order valence-electron chi connectivity index (χ4n) is 3.70. The van der Waals surface area contributed by atoms with Crippen molar-refractivity contribution in [2.24, 2.45) is 16.8 Å². The van der Waals surface area contributed by atoms with Gasteiger partial charge in [-0.25, -0.2) is 0 Å². The Hall–Kier alpha value is -0.830. The summed E-state index contributed by atoms with van der Waals surface area (Å²) in [5.41, 5.74) is 0. The second-order valence-corrected chi connectivity index (χ2v) is 7.93. The van der Waals surface area contributed by atoms with Gasteiger partial charge in [0.05, 0.1) is 0 Å². The molecule has 1 saturated heterocycles. The number of nitrogens with zero attached hydrogens (tertiary/aromatic N) is 4. The maximum atomic E-state index is 4.41. The molecule has 0 aromatic carbocycles. The number of guanidine groups is 1. The van der Waals surface area contributed by atoms with Crippen molar-refractivity contribution in [3.63, 3.8) is 0 Å². The van der Waals surface area contributed by atoms with Crippen LogP contribution in [-0.2, 0) is 6.54 Å². The van der Waals surface area contributed by atoms with Crippen molar-refractivity contribution >= 4 is 29.9 Å². The first-order chi connectivity index (χ1) is 12.6. The molecule has 2 N–H and O–H groups in total. The van der Waals surface area contributed by atoms with Gasteiger partial charge >= 0.3 is 0 Å². The van der Waals surface area contributed by atoms with Gasteiger partial charge in [-0.05, 0) is 43.8 Å². The Kier molecular flexibility index (Phi) is 12.0. The minimum Gasteiger partial charge on any atom is -0.356 e. The molecule has 1 aliphatic rings. The highest BCUT2D eigenvalue weighted by Crippen LogP contribution is 2.17. The van der Waals surface area contributed by atoms with Crippen LogP contribution in [0.3, 0.4) is 0 Å². The maximum absolute atomic E-state index is 4.41. The minimum atomic E-state index is 0. The maximum Gasteiger partial charge on any atom is 0.191 e. The van der Waals surface area contributed by atoms with Gasteiger partial charge in [-0.2, -0.15) is 5.10 Å². The number of likely N-dealkylation sites (tertiary alicyclic amines) is 1. The van der Waals surface area contributed by atoms with E-state index in [0.29, 0.717) is 17.9 Å². The van der Waals surface area contributed by atoms with Gasteiger partial charge in [0.25, 0.3) is 0 Å². The first kappa shape index (κ1) is 24.2. The Labute approximate surface area is 182 Å². The molecule has 0 radical (unpaired) electrons. The van der Waals surface area contributed by atoms with Crippen molar-refractivity contribution in [2.45, 2.75) is 59.0 Å². The summed E-state index contributed by atoms with van der Waals surface area (Å²) in [6.07, 6.45) is 9.27. The lowest BCUT2D eigenvalue weighted by atomic mass is 10.0. The summed E-state index contributed by atoms with van der Waals surface area (Å²) in [4.78, 5) is 7.08. The third kappa shape index (κ3) is 8.81. The second-order valence-electron chi connectivity index (χ2n) is 7.93. The molecule has 0 aliphatic carbocycles. The average molecular weight is 490 g/mol. The van der Waals surface area contributed by atoms with E-state index >= 15 is 0 Å². The topological polar surface area (TPSA) is 57.5 Å². The smallest absolute Gasteiger partial charge is 0.191 e. The summed E-state index contributed by atoms with van der Waals surface area (Å²) in [6.45, 7) is 12.1. The first-order valence-corrected chi connectivity index (χ1v) is 10.3. The molecule has 2 rings (SSSR count). The van der Waals surface area contributed by atoms with E-state index in [1.54, 1.807) is 0 Å². The molecule has 1 aliphatic heterocycles. The normalized spacial score (nSPS) is 18.5. The summed E-state index contributed by atoms with van der Waals surface area (Å²) in [5, 5.41) is 11.3. The van der Waals surface area contributed by atoms with Gasteiger partial charge in [-0.3, -0.25) is 14.6 Å². The Morgan fingerprint density at radius 3 is 2.30 bits per heavy atom. The van der Waals surface area contributed by atoms with Crippen LogP contribution in [-0.4, -0.2) is 59.9 Å². The molecular weight excluding hydrogens is 451 g/mol. The number of aliphatic imine (C=N–C) groups is 1. The van der Waals surface area contributed by atoms with E-state index in [-0.39, 0.29) is 24.0 Å². The van der Waals surface area contributed by atoms with Crippen molar-refractivity contribution in [1.29, 1.82) is 0 Å². The quantitative estimate of drug-likeness (QED) is 0.334. The van der Waals surface area contributed by atoms with Crippen LogP contribution in [0.1, 0.15) is 46.5 Å². The highest BCUT2D eigenvalue weighted by molar-refractivity contribution is 14.0. The van der Waals surface area contributed by atoms with E-state index in [2.05, 4.69) is 46.4 Å². The van der Waals surface area contributed by atoms with Crippen LogP contribution < -0.4 is 10.6 Å². The Balaban J connectivity index is 0.00000364. The monoisotopic (exact) mass is 490 g/mol. The number of aromatic nitrogens is 2. The molecule has 1 fully saturated rings. The molecule has 2 heterocycles. The van der Waals surface area contributed by atoms with E-state index < -0.39 is 0 Å². The summed E-state index contributed by atoms with van der Waals surface area (Å²) >= 11 is 0. The van der Waals surface area contributed by atoms with Crippen LogP contribution >= 0.6 is 24.0 Å². The van der Waals surface area contributed by atoms with Crippen molar-refractivity contribution in [3.8, 4) is 0 Å². The summed E-state index contributed by atoms with van der Waals surface area (Å²) in [5.74, 6) is 2.02. The highest BCUT2D eigenvalue weighted by atomic mass is 127. The van der Waals surface area contributed by atoms with Gasteiger partial charge in [0.15, 0.2) is 5.96 Å². The second kappa shape index (κ2) is 13.4. The van der Waals surface area contributed by atoms with Crippen molar-refractivity contribution < 1.29 is 0 Å². The van der Waals surface area contributed by atoms with Gasteiger partial charge < -0.3 is 10.6 Å². The first-order valence-electron chi connectivity index (χ1n) is 10.3. The fraction of sp³-hybridized carbons (Fsp3) is 0.800. The molecule has 0 spiro atoms. The molecule has 6 nitrogen and oxygen atoms in total. The molecule has 0 bridgehead atoms. The predicted molar refractivity (Wildman–Crippen MR) is 125 cm³/mol. The zero-order valence-electron chi connectivity index (χ0n) is 17.5. The predicted octanol–water partition coefficient (Wildman–Crippen LogP) is 3.20. The van der Waals surface area contributed by atoms with Crippen LogP contribution in [0, 0.1) is 11.8 Å². The molecule has 0 saturated carbocycles. The minimum absolute atomic E-state index is 0. The van der Waals surface area contributed by atoms with Crippen LogP contribution in [0.25, 0.3) is 0 Å². The lowest BCUT2D eigenvalue weighted by Gasteiger charge is -2.34. The summed E-state index contributed by atoms with van der Waals surface area (Å²) in [6, 6.07) is 2.53. The van der Waals surface area contributed by atoms with Gasteiger partial charge in [-0.1, -0.05) is 33.6 Å². The number of rotatable bonds is 8. The van der Waals surface area contributed by atoms with Gasteiger partial charge in [-0.15, -0.1) is 24.0 Å². The number of hydrogen-bond acceptors (Lipinski definition) is 3. The van der Waals surface area contributed by atoms with E-state index in [0.717, 1.165) is 25.6 Å². The largest absolute Gasteiger partial charge is 0.356 e. The van der Waals surface area contributed by atoms with Crippen LogP contribution in [0.15, 0.2) is 23.5 Å². The summed E-state index contributed by atoms with van der Waals surface area (Å²) in [7, 11) is 1.85.